The van der Waals surface area contributed by atoms with Crippen molar-refractivity contribution in [3.05, 3.63) is 47.3 Å². The van der Waals surface area contributed by atoms with Gasteiger partial charge >= 0.3 is 12.1 Å². The molecule has 3 heterocycles. The average Bonchev–Trinajstić information content (AvgIpc) is 3.25. The number of fused-ring (bicyclic) bond motifs is 1. The van der Waals surface area contributed by atoms with Crippen molar-refractivity contribution in [3.63, 3.8) is 0 Å². The topological polar surface area (TPSA) is 95.7 Å². The lowest BCUT2D eigenvalue weighted by atomic mass is 10.0. The van der Waals surface area contributed by atoms with Gasteiger partial charge in [0.05, 0.1) is 17.6 Å². The molecule has 1 saturated heterocycles. The number of alkyl halides is 3. The molecular formula is C19H14F3N3O4S3. The van der Waals surface area contributed by atoms with Gasteiger partial charge in [-0.25, -0.2) is 9.78 Å². The van der Waals surface area contributed by atoms with Gasteiger partial charge in [-0.1, -0.05) is 24.0 Å². The summed E-state index contributed by atoms with van der Waals surface area (Å²) in [6.07, 6.45) is -2.84. The van der Waals surface area contributed by atoms with Crippen molar-refractivity contribution in [2.75, 3.05) is 5.75 Å². The van der Waals surface area contributed by atoms with E-state index in [1.54, 1.807) is 24.3 Å². The van der Waals surface area contributed by atoms with Gasteiger partial charge in [0.25, 0.3) is 5.91 Å². The Morgan fingerprint density at radius 2 is 2.09 bits per heavy atom. The Morgan fingerprint density at radius 1 is 1.38 bits per heavy atom. The number of aromatic nitrogens is 1. The second-order valence-corrected chi connectivity index (χ2v) is 9.55. The van der Waals surface area contributed by atoms with Crippen LogP contribution in [-0.4, -0.2) is 55.2 Å². The normalized spacial score (nSPS) is 20.6. The van der Waals surface area contributed by atoms with E-state index in [-0.39, 0.29) is 11.4 Å². The number of oxazole rings is 1. The number of carbonyl (C=O) groups excluding carboxylic acids is 1. The minimum atomic E-state index is -4.49. The molecule has 2 aliphatic rings. The van der Waals surface area contributed by atoms with Crippen molar-refractivity contribution in [2.45, 2.75) is 28.9 Å². The maximum Gasteiger partial charge on any atom is 0.395 e. The van der Waals surface area contributed by atoms with Crippen LogP contribution >= 0.6 is 35.7 Å². The molecule has 1 aromatic carbocycles. The van der Waals surface area contributed by atoms with Gasteiger partial charge < -0.3 is 14.8 Å². The number of amides is 1. The molecule has 1 fully saturated rings. The summed E-state index contributed by atoms with van der Waals surface area (Å²) in [5, 5.41) is 11.5. The van der Waals surface area contributed by atoms with Gasteiger partial charge in [-0.2, -0.15) is 13.2 Å². The number of rotatable bonds is 6. The van der Waals surface area contributed by atoms with Crippen LogP contribution in [0.15, 0.2) is 56.6 Å². The highest BCUT2D eigenvalue weighted by Crippen LogP contribution is 2.45. The number of carboxylic acid groups (broad SMARTS) is 1. The molecule has 2 aromatic rings. The SMILES string of the molecule is O=C(O)C1=C(Sc2ccc(-c3ncco3)cc2)CS[C@@H]2[C@H](NC(=S)CC(F)(F)F)C(=O)N12. The zero-order valence-electron chi connectivity index (χ0n) is 16.0. The highest BCUT2D eigenvalue weighted by atomic mass is 32.2. The van der Waals surface area contributed by atoms with Crippen LogP contribution in [0, 0.1) is 0 Å². The Balaban J connectivity index is 1.49. The number of hydrogen-bond acceptors (Lipinski definition) is 7. The minimum absolute atomic E-state index is 0.166. The van der Waals surface area contributed by atoms with E-state index in [0.717, 1.165) is 15.4 Å². The molecule has 0 bridgehead atoms. The lowest BCUT2D eigenvalue weighted by molar-refractivity contribution is -0.148. The molecule has 7 nitrogen and oxygen atoms in total. The highest BCUT2D eigenvalue weighted by molar-refractivity contribution is 8.06. The Hall–Kier alpha value is -2.51. The minimum Gasteiger partial charge on any atom is -0.477 e. The maximum absolute atomic E-state index is 12.6. The fourth-order valence-electron chi connectivity index (χ4n) is 3.25. The number of thioether (sulfide) groups is 2. The molecule has 0 radical (unpaired) electrons. The van der Waals surface area contributed by atoms with Gasteiger partial charge in [0, 0.05) is 21.1 Å². The van der Waals surface area contributed by atoms with Crippen molar-refractivity contribution in [2.24, 2.45) is 0 Å². The molecule has 0 saturated carbocycles. The largest absolute Gasteiger partial charge is 0.477 e. The standard InChI is InChI=1S/C19H14F3N3O4S3/c20-19(21,22)7-12(30)24-13-16(26)25-14(18(27)28)11(8-31-17(13)25)32-10-3-1-9(2-4-10)15-23-5-6-29-15/h1-6,13,17H,7-8H2,(H,24,30)(H,27,28)/t13-,17-/m1/s1. The fourth-order valence-corrected chi connectivity index (χ4v) is 6.01. The van der Waals surface area contributed by atoms with E-state index in [1.807, 2.05) is 0 Å². The molecule has 1 aromatic heterocycles. The van der Waals surface area contributed by atoms with E-state index >= 15 is 0 Å². The number of β-lactam (4-membered cyclic amide) rings is 1. The summed E-state index contributed by atoms with van der Waals surface area (Å²) in [7, 11) is 0. The molecule has 168 valence electrons. The molecule has 2 aliphatic heterocycles. The van der Waals surface area contributed by atoms with Gasteiger partial charge in [0.15, 0.2) is 0 Å². The molecule has 0 spiro atoms. The van der Waals surface area contributed by atoms with Crippen molar-refractivity contribution in [1.82, 2.24) is 15.2 Å². The number of benzene rings is 1. The first-order valence-electron chi connectivity index (χ1n) is 9.09. The first-order valence-corrected chi connectivity index (χ1v) is 11.4. The highest BCUT2D eigenvalue weighted by Gasteiger charge is 2.54. The molecular weight excluding hydrogens is 487 g/mol. The monoisotopic (exact) mass is 501 g/mol. The van der Waals surface area contributed by atoms with E-state index in [9.17, 15) is 27.9 Å². The number of carbonyl (C=O) groups is 2. The van der Waals surface area contributed by atoms with Gasteiger partial charge in [-0.15, -0.1) is 11.8 Å². The Bertz CT molecular complexity index is 1090. The summed E-state index contributed by atoms with van der Waals surface area (Å²) in [5.74, 6) is -1.16. The van der Waals surface area contributed by atoms with E-state index in [0.29, 0.717) is 10.8 Å². The van der Waals surface area contributed by atoms with Crippen LogP contribution in [0.2, 0.25) is 0 Å². The summed E-state index contributed by atoms with van der Waals surface area (Å²) in [5.41, 5.74) is 0.590. The van der Waals surface area contributed by atoms with Gasteiger partial charge in [0.2, 0.25) is 5.89 Å². The van der Waals surface area contributed by atoms with Gasteiger partial charge in [0.1, 0.15) is 23.4 Å². The van der Waals surface area contributed by atoms with Crippen molar-refractivity contribution in [1.29, 1.82) is 0 Å². The van der Waals surface area contributed by atoms with Crippen molar-refractivity contribution >= 4 is 52.6 Å². The van der Waals surface area contributed by atoms with Gasteiger partial charge in [-0.3, -0.25) is 9.69 Å². The number of hydrogen-bond donors (Lipinski definition) is 2. The molecule has 0 unspecified atom stereocenters. The first kappa shape index (κ1) is 22.7. The van der Waals surface area contributed by atoms with E-state index < -0.39 is 40.9 Å². The Labute approximate surface area is 193 Å². The number of aliphatic carboxylic acids is 1. The third-order valence-electron chi connectivity index (χ3n) is 4.59. The average molecular weight is 502 g/mol. The van der Waals surface area contributed by atoms with Crippen LogP contribution in [0.3, 0.4) is 0 Å². The Kier molecular flexibility index (Phi) is 6.23. The number of halogens is 3. The molecule has 13 heteroatoms. The summed E-state index contributed by atoms with van der Waals surface area (Å²) in [6, 6.07) is 6.14. The molecule has 32 heavy (non-hydrogen) atoms. The van der Waals surface area contributed by atoms with Crippen LogP contribution in [0.5, 0.6) is 0 Å². The van der Waals surface area contributed by atoms with Crippen LogP contribution in [0.1, 0.15) is 6.42 Å². The summed E-state index contributed by atoms with van der Waals surface area (Å²) < 4.78 is 42.8. The molecule has 0 aliphatic carbocycles. The predicted molar refractivity (Wildman–Crippen MR) is 116 cm³/mol. The molecule has 2 N–H and O–H groups in total. The Morgan fingerprint density at radius 3 is 2.69 bits per heavy atom. The fraction of sp³-hybridized carbons (Fsp3) is 0.263. The number of nitrogens with one attached hydrogen (secondary N) is 1. The van der Waals surface area contributed by atoms with Crippen LogP contribution < -0.4 is 5.32 Å². The zero-order chi connectivity index (χ0) is 23.0. The van der Waals surface area contributed by atoms with Crippen LogP contribution in [0.25, 0.3) is 11.5 Å². The second kappa shape index (κ2) is 8.79. The second-order valence-electron chi connectivity index (χ2n) is 6.79. The molecule has 2 atom stereocenters. The van der Waals surface area contributed by atoms with Crippen LogP contribution in [-0.2, 0) is 9.59 Å². The van der Waals surface area contributed by atoms with Crippen LogP contribution in [0.4, 0.5) is 13.2 Å². The maximum atomic E-state index is 12.6. The molecule has 4 rings (SSSR count). The van der Waals surface area contributed by atoms with Crippen molar-refractivity contribution < 1.29 is 32.3 Å². The van der Waals surface area contributed by atoms with Gasteiger partial charge in [-0.05, 0) is 24.3 Å². The number of carboxylic acids is 1. The number of thiocarbonyl (C=S) groups is 1. The quantitative estimate of drug-likeness (QED) is 0.452. The lowest BCUT2D eigenvalue weighted by Crippen LogP contribution is -2.70. The number of nitrogens with zero attached hydrogens (tertiary/aromatic N) is 2. The third kappa shape index (κ3) is 4.64. The van der Waals surface area contributed by atoms with E-state index in [2.05, 4.69) is 10.3 Å². The lowest BCUT2D eigenvalue weighted by Gasteiger charge is -2.49. The molecule has 1 amide bonds. The van der Waals surface area contributed by atoms with E-state index in [1.165, 1.54) is 36.0 Å². The first-order chi connectivity index (χ1) is 15.1. The predicted octanol–water partition coefficient (Wildman–Crippen LogP) is 3.88. The van der Waals surface area contributed by atoms with Crippen molar-refractivity contribution in [3.8, 4) is 11.5 Å². The summed E-state index contributed by atoms with van der Waals surface area (Å²) in [4.78, 5) is 30.4. The zero-order valence-corrected chi connectivity index (χ0v) is 18.4. The summed E-state index contributed by atoms with van der Waals surface area (Å²) >= 11 is 7.18. The van der Waals surface area contributed by atoms with E-state index in [4.69, 9.17) is 16.6 Å². The third-order valence-corrected chi connectivity index (χ3v) is 7.40. The smallest absolute Gasteiger partial charge is 0.395 e. The summed E-state index contributed by atoms with van der Waals surface area (Å²) in [6.45, 7) is 0.